The van der Waals surface area contributed by atoms with Crippen LogP contribution in [-0.2, 0) is 6.42 Å². The Labute approximate surface area is 208 Å². The molecule has 0 saturated carbocycles. The number of carbonyl (C=O) groups excluding carboxylic acids is 1. The predicted octanol–water partition coefficient (Wildman–Crippen LogP) is 5.78. The summed E-state index contributed by atoms with van der Waals surface area (Å²) in [7, 11) is 3.25. The van der Waals surface area contributed by atoms with Gasteiger partial charge in [0.1, 0.15) is 16.5 Å². The Kier molecular flexibility index (Phi) is 7.36. The van der Waals surface area contributed by atoms with E-state index in [1.165, 1.54) is 17.6 Å². The molecule has 0 aliphatic rings. The minimum absolute atomic E-state index is 0.239. The molecule has 8 nitrogen and oxygen atoms in total. The zero-order valence-corrected chi connectivity index (χ0v) is 21.2. The molecule has 0 spiro atoms. The number of hydrogen-bond acceptors (Lipinski definition) is 8. The first-order valence-electron chi connectivity index (χ1n) is 11.2. The van der Waals surface area contributed by atoms with Gasteiger partial charge in [-0.3, -0.25) is 4.79 Å². The molecule has 4 aromatic rings. The van der Waals surface area contributed by atoms with Gasteiger partial charge >= 0.3 is 0 Å². The van der Waals surface area contributed by atoms with Gasteiger partial charge in [0, 0.05) is 27.4 Å². The Bertz CT molecular complexity index is 1300. The summed E-state index contributed by atoms with van der Waals surface area (Å²) in [5, 5.41) is 7.21. The molecule has 182 valence electrons. The van der Waals surface area contributed by atoms with Crippen LogP contribution in [0.1, 0.15) is 50.9 Å². The zero-order chi connectivity index (χ0) is 24.9. The summed E-state index contributed by atoms with van der Waals surface area (Å²) in [6.45, 7) is 5.93. The average Bonchev–Trinajstić information content (AvgIpc) is 3.52. The Morgan fingerprint density at radius 2 is 1.83 bits per heavy atom. The molecule has 35 heavy (non-hydrogen) atoms. The number of aryl methyl sites for hydroxylation is 3. The third-order valence-electron chi connectivity index (χ3n) is 5.45. The molecule has 4 rings (SSSR count). The van der Waals surface area contributed by atoms with E-state index in [9.17, 15) is 4.79 Å². The Balaban J connectivity index is 1.85. The number of hydrogen-bond donors (Lipinski definition) is 2. The van der Waals surface area contributed by atoms with Gasteiger partial charge in [0.25, 0.3) is 5.91 Å². The van der Waals surface area contributed by atoms with Gasteiger partial charge in [0.05, 0.1) is 26.5 Å². The Hall–Kier alpha value is -3.85. The Morgan fingerprint density at radius 1 is 1.06 bits per heavy atom. The fourth-order valence-corrected chi connectivity index (χ4v) is 4.86. The highest BCUT2D eigenvalue weighted by atomic mass is 32.1. The molecule has 0 fully saturated rings. The third-order valence-corrected chi connectivity index (χ3v) is 6.66. The average molecular weight is 493 g/mol. The second kappa shape index (κ2) is 10.6. The van der Waals surface area contributed by atoms with E-state index in [-0.39, 0.29) is 11.7 Å². The molecule has 3 heterocycles. The van der Waals surface area contributed by atoms with Crippen LogP contribution in [-0.4, -0.2) is 30.1 Å². The monoisotopic (exact) mass is 492 g/mol. The lowest BCUT2D eigenvalue weighted by Gasteiger charge is -2.23. The van der Waals surface area contributed by atoms with Crippen LogP contribution in [0.15, 0.2) is 53.1 Å². The van der Waals surface area contributed by atoms with Gasteiger partial charge in [-0.2, -0.15) is 0 Å². The zero-order valence-electron chi connectivity index (χ0n) is 20.3. The fraction of sp³-hybridized carbons (Fsp3) is 0.269. The maximum absolute atomic E-state index is 12.9. The van der Waals surface area contributed by atoms with E-state index >= 15 is 0 Å². The van der Waals surface area contributed by atoms with Crippen molar-refractivity contribution in [2.75, 3.05) is 24.9 Å². The maximum Gasteiger partial charge on any atom is 0.291 e. The van der Waals surface area contributed by atoms with E-state index in [1.54, 1.807) is 26.4 Å². The van der Waals surface area contributed by atoms with Gasteiger partial charge in [-0.25, -0.2) is 9.97 Å². The van der Waals surface area contributed by atoms with Gasteiger partial charge in [0.15, 0.2) is 5.76 Å². The summed E-state index contributed by atoms with van der Waals surface area (Å²) in [6, 6.07) is 12.5. The lowest BCUT2D eigenvalue weighted by molar-refractivity contribution is 0.0997. The molecule has 0 radical (unpaired) electrons. The first-order chi connectivity index (χ1) is 16.9. The van der Waals surface area contributed by atoms with Gasteiger partial charge < -0.3 is 24.5 Å². The molecule has 1 atom stereocenters. The SMILES string of the molecule is CCc1cc([C@H](Nc2nc(C)cc(C)n2)c2cc(OC)ccc2OC)c(NC(=O)c2ccco2)s1. The summed E-state index contributed by atoms with van der Waals surface area (Å²) >= 11 is 1.52. The number of methoxy groups -OCH3 is 2. The molecule has 9 heteroatoms. The fourth-order valence-electron chi connectivity index (χ4n) is 3.82. The van der Waals surface area contributed by atoms with Crippen molar-refractivity contribution in [1.29, 1.82) is 0 Å². The first kappa shape index (κ1) is 24.3. The summed E-state index contributed by atoms with van der Waals surface area (Å²) in [5.41, 5.74) is 3.38. The van der Waals surface area contributed by atoms with E-state index in [1.807, 2.05) is 38.1 Å². The molecule has 0 aliphatic carbocycles. The number of carbonyl (C=O) groups is 1. The summed E-state index contributed by atoms with van der Waals surface area (Å²) in [6.07, 6.45) is 2.29. The van der Waals surface area contributed by atoms with Crippen molar-refractivity contribution in [3.05, 3.63) is 81.9 Å². The number of thiophene rings is 1. The topological polar surface area (TPSA) is 98.5 Å². The lowest BCUT2D eigenvalue weighted by atomic mass is 9.98. The molecule has 0 saturated heterocycles. The molecule has 2 N–H and O–H groups in total. The van der Waals surface area contributed by atoms with Gasteiger partial charge in [0.2, 0.25) is 5.95 Å². The number of rotatable bonds is 9. The number of anilines is 2. The van der Waals surface area contributed by atoms with Crippen molar-refractivity contribution in [3.63, 3.8) is 0 Å². The first-order valence-corrected chi connectivity index (χ1v) is 12.0. The summed E-state index contributed by atoms with van der Waals surface area (Å²) in [5.74, 6) is 1.74. The number of benzene rings is 1. The van der Waals surface area contributed by atoms with Crippen molar-refractivity contribution >= 4 is 28.2 Å². The molecule has 1 amide bonds. The largest absolute Gasteiger partial charge is 0.497 e. The molecule has 1 aromatic carbocycles. The molecule has 3 aromatic heterocycles. The number of nitrogens with one attached hydrogen (secondary N) is 2. The van der Waals surface area contributed by atoms with Gasteiger partial charge in [-0.15, -0.1) is 11.3 Å². The van der Waals surface area contributed by atoms with Crippen LogP contribution in [0.2, 0.25) is 0 Å². The third kappa shape index (κ3) is 5.46. The highest BCUT2D eigenvalue weighted by molar-refractivity contribution is 7.16. The normalized spacial score (nSPS) is 11.7. The van der Waals surface area contributed by atoms with E-state index in [0.29, 0.717) is 22.4 Å². The Morgan fingerprint density at radius 3 is 2.46 bits per heavy atom. The minimum atomic E-state index is -0.440. The van der Waals surface area contributed by atoms with Crippen molar-refractivity contribution in [2.45, 2.75) is 33.2 Å². The highest BCUT2D eigenvalue weighted by Crippen LogP contribution is 2.41. The number of ether oxygens (including phenoxy) is 2. The molecule has 0 unspecified atom stereocenters. The van der Waals surface area contributed by atoms with E-state index in [0.717, 1.165) is 33.8 Å². The molecule has 0 bridgehead atoms. The number of aromatic nitrogens is 2. The molecular weight excluding hydrogens is 464 g/mol. The lowest BCUT2D eigenvalue weighted by Crippen LogP contribution is -2.18. The smallest absolute Gasteiger partial charge is 0.291 e. The van der Waals surface area contributed by atoms with Crippen molar-refractivity contribution in [2.24, 2.45) is 0 Å². The van der Waals surface area contributed by atoms with Crippen LogP contribution in [0, 0.1) is 13.8 Å². The van der Waals surface area contributed by atoms with Crippen molar-refractivity contribution in [3.8, 4) is 11.5 Å². The second-order valence-electron chi connectivity index (χ2n) is 7.94. The summed E-state index contributed by atoms with van der Waals surface area (Å²) < 4.78 is 16.5. The summed E-state index contributed by atoms with van der Waals surface area (Å²) in [4.78, 5) is 23.2. The highest BCUT2D eigenvalue weighted by Gasteiger charge is 2.26. The van der Waals surface area contributed by atoms with Crippen LogP contribution in [0.25, 0.3) is 0 Å². The van der Waals surface area contributed by atoms with Gasteiger partial charge in [-0.1, -0.05) is 6.92 Å². The molecular formula is C26H28N4O4S. The van der Waals surface area contributed by atoms with Crippen molar-refractivity contribution < 1.29 is 18.7 Å². The standard InChI is InChI=1S/C26H28N4O4S/c1-6-18-14-20(25(35-18)30-24(31)22-8-7-11-34-22)23(29-26-27-15(2)12-16(3)28-26)19-13-17(32-4)9-10-21(19)33-5/h7-14,23H,6H2,1-5H3,(H,30,31)(H,27,28,29)/t23-/m1/s1. The molecule has 0 aliphatic heterocycles. The maximum atomic E-state index is 12.9. The second-order valence-corrected chi connectivity index (χ2v) is 9.08. The van der Waals surface area contributed by atoms with E-state index in [4.69, 9.17) is 13.9 Å². The van der Waals surface area contributed by atoms with Crippen LogP contribution in [0.4, 0.5) is 10.9 Å². The quantitative estimate of drug-likeness (QED) is 0.305. The minimum Gasteiger partial charge on any atom is -0.497 e. The number of nitrogens with zero attached hydrogens (tertiary/aromatic N) is 2. The van der Waals surface area contributed by atoms with Crippen LogP contribution >= 0.6 is 11.3 Å². The van der Waals surface area contributed by atoms with Gasteiger partial charge in [-0.05, 0) is 62.7 Å². The van der Waals surface area contributed by atoms with Crippen molar-refractivity contribution in [1.82, 2.24) is 9.97 Å². The van der Waals surface area contributed by atoms with Crippen LogP contribution in [0.5, 0.6) is 11.5 Å². The van der Waals surface area contributed by atoms with E-state index in [2.05, 4.69) is 33.6 Å². The van der Waals surface area contributed by atoms with E-state index < -0.39 is 6.04 Å². The number of furan rings is 1. The number of amides is 1. The van der Waals surface area contributed by atoms with Crippen LogP contribution < -0.4 is 20.1 Å². The predicted molar refractivity (Wildman–Crippen MR) is 137 cm³/mol. The van der Waals surface area contributed by atoms with Crippen LogP contribution in [0.3, 0.4) is 0 Å².